The number of primary amides is 1. The highest BCUT2D eigenvalue weighted by molar-refractivity contribution is 5.76. The van der Waals surface area contributed by atoms with E-state index < -0.39 is 35.8 Å². The fourth-order valence-electron chi connectivity index (χ4n) is 2.69. The third-order valence-corrected chi connectivity index (χ3v) is 4.29. The number of carbonyl (C=O) groups is 1. The number of hydrogen-bond acceptors (Lipinski definition) is 7. The first-order chi connectivity index (χ1) is 14.1. The van der Waals surface area contributed by atoms with Crippen LogP contribution >= 0.6 is 0 Å². The molecular weight excluding hydrogens is 412 g/mol. The molecule has 0 bridgehead atoms. The van der Waals surface area contributed by atoms with Crippen LogP contribution < -0.4 is 5.73 Å². The Morgan fingerprint density at radius 1 is 1.17 bits per heavy atom. The molecule has 0 aliphatic carbocycles. The summed E-state index contributed by atoms with van der Waals surface area (Å²) < 4.78 is 60.0. The molecule has 2 unspecified atom stereocenters. The van der Waals surface area contributed by atoms with Crippen LogP contribution in [0.15, 0.2) is 39.5 Å². The molecule has 12 heteroatoms. The molecule has 0 aliphatic rings. The average molecular weight is 428 g/mol. The van der Waals surface area contributed by atoms with Gasteiger partial charge in [0.1, 0.15) is 17.8 Å². The van der Waals surface area contributed by atoms with Crippen molar-refractivity contribution in [2.75, 3.05) is 0 Å². The number of benzene rings is 1. The lowest BCUT2D eigenvalue weighted by Gasteiger charge is -2.13. The summed E-state index contributed by atoms with van der Waals surface area (Å²) in [4.78, 5) is 19.0. The molecule has 0 spiro atoms. The van der Waals surface area contributed by atoms with Gasteiger partial charge in [-0.2, -0.15) is 18.2 Å². The predicted molar refractivity (Wildman–Crippen MR) is 91.8 cm³/mol. The van der Waals surface area contributed by atoms with Gasteiger partial charge in [0.15, 0.2) is 5.82 Å². The molecule has 2 heterocycles. The van der Waals surface area contributed by atoms with Gasteiger partial charge >= 0.3 is 12.1 Å². The number of oxazole rings is 1. The lowest BCUT2D eigenvalue weighted by Crippen LogP contribution is -2.26. The van der Waals surface area contributed by atoms with Crippen LogP contribution in [0.25, 0.3) is 11.5 Å². The van der Waals surface area contributed by atoms with Gasteiger partial charge in [-0.3, -0.25) is 4.79 Å². The number of aromatic nitrogens is 3. The molecule has 0 radical (unpaired) electrons. The highest BCUT2D eigenvalue weighted by Gasteiger charge is 2.38. The minimum atomic E-state index is -4.79. The molecule has 30 heavy (non-hydrogen) atoms. The summed E-state index contributed by atoms with van der Waals surface area (Å²) in [5.74, 6) is -3.80. The van der Waals surface area contributed by atoms with Crippen LogP contribution in [0, 0.1) is 11.7 Å². The van der Waals surface area contributed by atoms with Crippen LogP contribution in [0.3, 0.4) is 0 Å². The quantitative estimate of drug-likeness (QED) is 0.528. The summed E-state index contributed by atoms with van der Waals surface area (Å²) >= 11 is 0. The SMILES string of the molecule is NC(=O)C(CCC(O)c1coc(-c2ccc(F)cc2)n1)Cc1noc(C(F)(F)F)n1. The maximum absolute atomic E-state index is 13.0. The van der Waals surface area contributed by atoms with Gasteiger partial charge in [-0.1, -0.05) is 5.16 Å². The minimum absolute atomic E-state index is 0.0208. The van der Waals surface area contributed by atoms with E-state index in [0.717, 1.165) is 0 Å². The maximum Gasteiger partial charge on any atom is 0.471 e. The lowest BCUT2D eigenvalue weighted by molar-refractivity contribution is -0.159. The van der Waals surface area contributed by atoms with Gasteiger partial charge in [0.2, 0.25) is 11.8 Å². The summed E-state index contributed by atoms with van der Waals surface area (Å²) in [7, 11) is 0. The summed E-state index contributed by atoms with van der Waals surface area (Å²) in [6, 6.07) is 5.38. The fraction of sp³-hybridized carbons (Fsp3) is 0.333. The van der Waals surface area contributed by atoms with Crippen LogP contribution in [0.2, 0.25) is 0 Å². The molecule has 1 aromatic carbocycles. The molecular formula is C18H16F4N4O4. The maximum atomic E-state index is 13.0. The number of hydrogen-bond donors (Lipinski definition) is 2. The van der Waals surface area contributed by atoms with E-state index in [2.05, 4.69) is 19.6 Å². The fourth-order valence-corrected chi connectivity index (χ4v) is 2.69. The van der Waals surface area contributed by atoms with Crippen LogP contribution in [-0.4, -0.2) is 26.1 Å². The van der Waals surface area contributed by atoms with E-state index in [-0.39, 0.29) is 36.7 Å². The second-order valence-electron chi connectivity index (χ2n) is 6.49. The monoisotopic (exact) mass is 428 g/mol. The molecule has 0 aliphatic heterocycles. The largest absolute Gasteiger partial charge is 0.471 e. The number of alkyl halides is 3. The lowest BCUT2D eigenvalue weighted by atomic mass is 9.96. The van der Waals surface area contributed by atoms with E-state index in [9.17, 15) is 27.5 Å². The van der Waals surface area contributed by atoms with Crippen LogP contribution in [0.4, 0.5) is 17.6 Å². The molecule has 160 valence electrons. The number of nitrogens with zero attached hydrogens (tertiary/aromatic N) is 3. The number of aliphatic hydroxyl groups excluding tert-OH is 1. The van der Waals surface area contributed by atoms with E-state index in [0.29, 0.717) is 5.56 Å². The first kappa shape index (κ1) is 21.4. The highest BCUT2D eigenvalue weighted by atomic mass is 19.4. The molecule has 3 rings (SSSR count). The van der Waals surface area contributed by atoms with Gasteiger partial charge in [-0.15, -0.1) is 0 Å². The Hall–Kier alpha value is -3.28. The first-order valence-corrected chi connectivity index (χ1v) is 8.72. The minimum Gasteiger partial charge on any atom is -0.444 e. The Labute approximate surface area is 166 Å². The number of nitrogens with two attached hydrogens (primary N) is 1. The highest BCUT2D eigenvalue weighted by Crippen LogP contribution is 2.29. The molecule has 3 N–H and O–H groups in total. The third kappa shape index (κ3) is 5.20. The van der Waals surface area contributed by atoms with Gasteiger partial charge in [-0.25, -0.2) is 9.37 Å². The molecule has 2 atom stereocenters. The van der Waals surface area contributed by atoms with Crippen LogP contribution in [0.5, 0.6) is 0 Å². The van der Waals surface area contributed by atoms with Crippen molar-refractivity contribution in [1.29, 1.82) is 0 Å². The Balaban J connectivity index is 1.61. The summed E-state index contributed by atoms with van der Waals surface area (Å²) in [6.45, 7) is 0. The number of amides is 1. The standard InChI is InChI=1S/C18H16F4N4O4/c19-11-4-1-9(2-5-11)16-24-12(8-29-16)13(27)6-3-10(15(23)28)7-14-25-17(30-26-14)18(20,21)22/h1-2,4-5,8,10,13,27H,3,6-7H2,(H2,23,28). The van der Waals surface area contributed by atoms with Gasteiger partial charge in [-0.05, 0) is 37.1 Å². The molecule has 8 nitrogen and oxygen atoms in total. The van der Waals surface area contributed by atoms with E-state index in [1.165, 1.54) is 30.5 Å². The second kappa shape index (κ2) is 8.61. The smallest absolute Gasteiger partial charge is 0.444 e. The zero-order chi connectivity index (χ0) is 21.9. The van der Waals surface area contributed by atoms with Crippen molar-refractivity contribution in [3.05, 3.63) is 53.8 Å². The van der Waals surface area contributed by atoms with Crippen molar-refractivity contribution < 1.29 is 36.4 Å². The van der Waals surface area contributed by atoms with Gasteiger partial charge < -0.3 is 19.8 Å². The van der Waals surface area contributed by atoms with E-state index >= 15 is 0 Å². The Bertz CT molecular complexity index is 1000. The Morgan fingerprint density at radius 3 is 2.47 bits per heavy atom. The summed E-state index contributed by atoms with van der Waals surface area (Å²) in [5, 5.41) is 13.5. The average Bonchev–Trinajstić information content (AvgIpc) is 3.35. The number of halogens is 4. The number of carbonyl (C=O) groups excluding carboxylic acids is 1. The van der Waals surface area contributed by atoms with Crippen molar-refractivity contribution in [1.82, 2.24) is 15.1 Å². The summed E-state index contributed by atoms with van der Waals surface area (Å²) in [5.41, 5.74) is 5.98. The predicted octanol–water partition coefficient (Wildman–Crippen LogP) is 3.04. The molecule has 0 saturated heterocycles. The number of aliphatic hydroxyl groups is 1. The van der Waals surface area contributed by atoms with E-state index in [4.69, 9.17) is 10.2 Å². The molecule has 3 aromatic rings. The van der Waals surface area contributed by atoms with Gasteiger partial charge in [0.05, 0.1) is 6.10 Å². The van der Waals surface area contributed by atoms with Crippen LogP contribution in [0.1, 0.15) is 36.4 Å². The Morgan fingerprint density at radius 2 is 1.87 bits per heavy atom. The van der Waals surface area contributed by atoms with Crippen molar-refractivity contribution in [3.8, 4) is 11.5 Å². The van der Waals surface area contributed by atoms with Crippen molar-refractivity contribution in [3.63, 3.8) is 0 Å². The zero-order valence-electron chi connectivity index (χ0n) is 15.3. The summed E-state index contributed by atoms with van der Waals surface area (Å²) in [6.07, 6.45) is -4.92. The normalized spacial score (nSPS) is 13.9. The van der Waals surface area contributed by atoms with E-state index in [1.54, 1.807) is 0 Å². The van der Waals surface area contributed by atoms with Gasteiger partial charge in [0.25, 0.3) is 0 Å². The number of rotatable bonds is 8. The first-order valence-electron chi connectivity index (χ1n) is 8.72. The topological polar surface area (TPSA) is 128 Å². The Kier molecular flexibility index (Phi) is 6.15. The molecule has 2 aromatic heterocycles. The zero-order valence-corrected chi connectivity index (χ0v) is 15.3. The van der Waals surface area contributed by atoms with Crippen molar-refractivity contribution >= 4 is 5.91 Å². The van der Waals surface area contributed by atoms with Crippen molar-refractivity contribution in [2.45, 2.75) is 31.5 Å². The van der Waals surface area contributed by atoms with Gasteiger partial charge in [0, 0.05) is 17.9 Å². The third-order valence-electron chi connectivity index (χ3n) is 4.29. The van der Waals surface area contributed by atoms with E-state index in [1.807, 2.05) is 0 Å². The molecule has 0 fully saturated rings. The van der Waals surface area contributed by atoms with Crippen molar-refractivity contribution in [2.24, 2.45) is 11.7 Å². The van der Waals surface area contributed by atoms with Crippen LogP contribution in [-0.2, 0) is 17.4 Å². The second-order valence-corrected chi connectivity index (χ2v) is 6.49. The molecule has 1 amide bonds. The molecule has 0 saturated carbocycles.